The Labute approximate surface area is 153 Å². The van der Waals surface area contributed by atoms with Crippen LogP contribution in [0.4, 0.5) is 0 Å². The zero-order valence-corrected chi connectivity index (χ0v) is 15.0. The maximum atomic E-state index is 10.9. The van der Waals surface area contributed by atoms with E-state index in [1.807, 2.05) is 48.5 Å². The average Bonchev–Trinajstić information content (AvgIpc) is 2.77. The first-order valence-corrected chi connectivity index (χ1v) is 8.52. The maximum absolute atomic E-state index is 10.9. The first-order chi connectivity index (χ1) is 12.4. The van der Waals surface area contributed by atoms with Gasteiger partial charge in [0.15, 0.2) is 0 Å². The molecule has 2 aromatic rings. The summed E-state index contributed by atoms with van der Waals surface area (Å²) in [6.07, 6.45) is 3.04. The number of aliphatic hydroxyl groups is 2. The second-order valence-corrected chi connectivity index (χ2v) is 6.64. The van der Waals surface area contributed by atoms with E-state index in [2.05, 4.69) is 0 Å². The zero-order chi connectivity index (χ0) is 18.7. The molecule has 0 aliphatic carbocycles. The van der Waals surface area contributed by atoms with Crippen LogP contribution in [-0.2, 0) is 17.8 Å². The molecule has 0 aromatic heterocycles. The van der Waals surface area contributed by atoms with Crippen LogP contribution in [0.3, 0.4) is 0 Å². The number of rotatable bonds is 5. The van der Waals surface area contributed by atoms with Crippen molar-refractivity contribution in [2.24, 2.45) is 0 Å². The lowest BCUT2D eigenvalue weighted by Gasteiger charge is -2.28. The van der Waals surface area contributed by atoms with Gasteiger partial charge in [-0.3, -0.25) is 4.90 Å². The van der Waals surface area contributed by atoms with Gasteiger partial charge in [-0.1, -0.05) is 36.4 Å². The van der Waals surface area contributed by atoms with Crippen molar-refractivity contribution in [2.45, 2.75) is 25.4 Å². The fourth-order valence-electron chi connectivity index (χ4n) is 2.99. The standard InChI is InChI=1S/C21H23NO4/c1-22(2)21(24,25)11-9-18-17-6-4-3-5-16(17)14-26-20-8-7-15(10-12-23)13-19(18)20/h3-9,12-13,24-25H,10-11,14H2,1-2H3/b18-9-. The van der Waals surface area contributed by atoms with Crippen LogP contribution in [0.2, 0.25) is 0 Å². The first kappa shape index (κ1) is 18.3. The van der Waals surface area contributed by atoms with Gasteiger partial charge in [-0.2, -0.15) is 0 Å². The highest BCUT2D eigenvalue weighted by molar-refractivity contribution is 5.85. The number of hydrogen-bond acceptors (Lipinski definition) is 5. The van der Waals surface area contributed by atoms with Crippen molar-refractivity contribution in [2.75, 3.05) is 14.1 Å². The third-order valence-electron chi connectivity index (χ3n) is 4.64. The van der Waals surface area contributed by atoms with Crippen molar-refractivity contribution >= 4 is 11.9 Å². The van der Waals surface area contributed by atoms with Gasteiger partial charge >= 0.3 is 0 Å². The monoisotopic (exact) mass is 353 g/mol. The largest absolute Gasteiger partial charge is 0.488 e. The van der Waals surface area contributed by atoms with Crippen molar-refractivity contribution in [3.63, 3.8) is 0 Å². The van der Waals surface area contributed by atoms with Crippen molar-refractivity contribution in [3.05, 3.63) is 70.8 Å². The topological polar surface area (TPSA) is 70.0 Å². The second-order valence-electron chi connectivity index (χ2n) is 6.64. The van der Waals surface area contributed by atoms with Crippen LogP contribution in [0.25, 0.3) is 5.57 Å². The summed E-state index contributed by atoms with van der Waals surface area (Å²) in [6, 6.07) is 13.6. The minimum absolute atomic E-state index is 0.0288. The van der Waals surface area contributed by atoms with Gasteiger partial charge in [-0.25, -0.2) is 0 Å². The van der Waals surface area contributed by atoms with Gasteiger partial charge in [0, 0.05) is 18.4 Å². The smallest absolute Gasteiger partial charge is 0.228 e. The highest BCUT2D eigenvalue weighted by atomic mass is 16.5. The van der Waals surface area contributed by atoms with Crippen molar-refractivity contribution in [3.8, 4) is 5.75 Å². The Kier molecular flexibility index (Phi) is 5.23. The molecule has 0 atom stereocenters. The average molecular weight is 353 g/mol. The molecule has 2 N–H and O–H groups in total. The van der Waals surface area contributed by atoms with Crippen LogP contribution in [0.15, 0.2) is 48.5 Å². The van der Waals surface area contributed by atoms with Gasteiger partial charge in [-0.15, -0.1) is 0 Å². The van der Waals surface area contributed by atoms with Crippen molar-refractivity contribution < 1.29 is 19.7 Å². The van der Waals surface area contributed by atoms with E-state index in [4.69, 9.17) is 4.74 Å². The van der Waals surface area contributed by atoms with E-state index in [1.165, 1.54) is 4.90 Å². The highest BCUT2D eigenvalue weighted by Crippen LogP contribution is 2.38. The maximum Gasteiger partial charge on any atom is 0.228 e. The molecule has 1 aliphatic rings. The number of ether oxygens (including phenoxy) is 1. The summed E-state index contributed by atoms with van der Waals surface area (Å²) in [5, 5.41) is 20.4. The molecule has 0 saturated carbocycles. The van der Waals surface area contributed by atoms with E-state index >= 15 is 0 Å². The van der Waals surface area contributed by atoms with Gasteiger partial charge in [-0.05, 0) is 48.5 Å². The molecule has 1 aliphatic heterocycles. The Bertz CT molecular complexity index is 840. The molecule has 0 bridgehead atoms. The molecule has 1 heterocycles. The molecule has 0 unspecified atom stereocenters. The molecule has 3 rings (SSSR count). The molecule has 0 saturated heterocycles. The van der Waals surface area contributed by atoms with Gasteiger partial charge < -0.3 is 19.7 Å². The molecule has 5 heteroatoms. The lowest BCUT2D eigenvalue weighted by molar-refractivity contribution is -0.245. The third-order valence-corrected chi connectivity index (χ3v) is 4.64. The molecule has 0 amide bonds. The molecule has 136 valence electrons. The molecule has 0 fully saturated rings. The minimum Gasteiger partial charge on any atom is -0.488 e. The number of nitrogens with zero attached hydrogens (tertiary/aromatic N) is 1. The summed E-state index contributed by atoms with van der Waals surface area (Å²) in [7, 11) is 3.22. The normalized spacial score (nSPS) is 15.2. The van der Waals surface area contributed by atoms with E-state index in [1.54, 1.807) is 14.1 Å². The van der Waals surface area contributed by atoms with Gasteiger partial charge in [0.25, 0.3) is 0 Å². The molecule has 2 aromatic carbocycles. The summed E-state index contributed by atoms with van der Waals surface area (Å²) >= 11 is 0. The SMILES string of the molecule is CN(C)C(O)(O)C/C=C1/c2ccccc2COc2ccc(CC=O)cc21. The summed E-state index contributed by atoms with van der Waals surface area (Å²) in [5.74, 6) is -1.23. The Balaban J connectivity index is 2.14. The van der Waals surface area contributed by atoms with Crippen LogP contribution in [0.1, 0.15) is 28.7 Å². The quantitative estimate of drug-likeness (QED) is 0.638. The predicted molar refractivity (Wildman–Crippen MR) is 99.5 cm³/mol. The van der Waals surface area contributed by atoms with E-state index < -0.39 is 5.91 Å². The van der Waals surface area contributed by atoms with Crippen LogP contribution in [0.5, 0.6) is 5.75 Å². The number of hydrogen-bond donors (Lipinski definition) is 2. The highest BCUT2D eigenvalue weighted by Gasteiger charge is 2.26. The van der Waals surface area contributed by atoms with E-state index in [-0.39, 0.29) is 6.42 Å². The number of benzene rings is 2. The summed E-state index contributed by atoms with van der Waals surface area (Å²) in [4.78, 5) is 12.3. The predicted octanol–water partition coefficient (Wildman–Crippen LogP) is 2.34. The number of fused-ring (bicyclic) bond motifs is 2. The van der Waals surface area contributed by atoms with Gasteiger partial charge in [0.2, 0.25) is 5.91 Å². The first-order valence-electron chi connectivity index (χ1n) is 8.52. The Morgan fingerprint density at radius 2 is 1.92 bits per heavy atom. The zero-order valence-electron chi connectivity index (χ0n) is 15.0. The van der Waals surface area contributed by atoms with Crippen LogP contribution in [-0.4, -0.2) is 41.4 Å². The van der Waals surface area contributed by atoms with E-state index in [0.29, 0.717) is 18.8 Å². The molecule has 0 spiro atoms. The van der Waals surface area contributed by atoms with Crippen LogP contribution < -0.4 is 4.74 Å². The lowest BCUT2D eigenvalue weighted by Crippen LogP contribution is -2.43. The van der Waals surface area contributed by atoms with Crippen molar-refractivity contribution in [1.29, 1.82) is 0 Å². The Morgan fingerprint density at radius 3 is 2.65 bits per heavy atom. The number of carbonyl (C=O) groups excluding carboxylic acids is 1. The van der Waals surface area contributed by atoms with Crippen LogP contribution >= 0.6 is 0 Å². The van der Waals surface area contributed by atoms with E-state index in [0.717, 1.165) is 34.1 Å². The molecular formula is C21H23NO4. The molecule has 5 nitrogen and oxygen atoms in total. The fraction of sp³-hybridized carbons (Fsp3) is 0.286. The molecular weight excluding hydrogens is 330 g/mol. The Morgan fingerprint density at radius 1 is 1.15 bits per heavy atom. The van der Waals surface area contributed by atoms with Gasteiger partial charge in [0.1, 0.15) is 18.6 Å². The van der Waals surface area contributed by atoms with Gasteiger partial charge in [0.05, 0.1) is 0 Å². The molecule has 0 radical (unpaired) electrons. The summed E-state index contributed by atoms with van der Waals surface area (Å²) in [6.45, 7) is 0.435. The van der Waals surface area contributed by atoms with E-state index in [9.17, 15) is 15.0 Å². The summed E-state index contributed by atoms with van der Waals surface area (Å²) in [5.41, 5.74) is 4.63. The lowest BCUT2D eigenvalue weighted by atomic mass is 9.92. The molecule has 26 heavy (non-hydrogen) atoms. The third kappa shape index (κ3) is 3.70. The second kappa shape index (κ2) is 7.41. The van der Waals surface area contributed by atoms with Crippen molar-refractivity contribution in [1.82, 2.24) is 4.90 Å². The minimum atomic E-state index is -1.95. The van der Waals surface area contributed by atoms with Crippen LogP contribution in [0, 0.1) is 0 Å². The fourth-order valence-corrected chi connectivity index (χ4v) is 2.99. The summed E-state index contributed by atoms with van der Waals surface area (Å²) < 4.78 is 5.95. The number of aldehydes is 1. The number of carbonyl (C=O) groups is 1. The Hall–Kier alpha value is -2.47.